The van der Waals surface area contributed by atoms with Crippen LogP contribution < -0.4 is 9.64 Å². The molecule has 30 heavy (non-hydrogen) atoms. The van der Waals surface area contributed by atoms with E-state index in [9.17, 15) is 14.7 Å². The summed E-state index contributed by atoms with van der Waals surface area (Å²) < 4.78 is 5.32. The Labute approximate surface area is 178 Å². The van der Waals surface area contributed by atoms with Crippen molar-refractivity contribution in [3.63, 3.8) is 0 Å². The van der Waals surface area contributed by atoms with Crippen molar-refractivity contribution in [1.29, 1.82) is 0 Å². The second kappa shape index (κ2) is 8.05. The molecule has 1 atom stereocenters. The van der Waals surface area contributed by atoms with Crippen LogP contribution in [0.3, 0.4) is 0 Å². The van der Waals surface area contributed by atoms with Crippen LogP contribution in [0.25, 0.3) is 5.76 Å². The molecule has 1 N–H and O–H groups in total. The zero-order chi connectivity index (χ0) is 21.3. The third-order valence-corrected chi connectivity index (χ3v) is 5.22. The lowest BCUT2D eigenvalue weighted by molar-refractivity contribution is -0.132. The van der Waals surface area contributed by atoms with Crippen LogP contribution in [0.15, 0.2) is 84.4 Å². The highest BCUT2D eigenvalue weighted by Crippen LogP contribution is 2.43. The van der Waals surface area contributed by atoms with Gasteiger partial charge in [-0.1, -0.05) is 60.1 Å². The molecule has 1 amide bonds. The summed E-state index contributed by atoms with van der Waals surface area (Å²) in [7, 11) is 1.54. The Bertz CT molecular complexity index is 1160. The number of carbonyl (C=O) groups excluding carboxylic acids is 2. The van der Waals surface area contributed by atoms with Crippen molar-refractivity contribution in [2.45, 2.75) is 6.04 Å². The summed E-state index contributed by atoms with van der Waals surface area (Å²) in [5.74, 6) is -1.15. The molecule has 0 aromatic heterocycles. The Kier molecular flexibility index (Phi) is 5.29. The lowest BCUT2D eigenvalue weighted by atomic mass is 9.95. The number of halogens is 1. The van der Waals surface area contributed by atoms with Gasteiger partial charge in [-0.25, -0.2) is 0 Å². The number of nitrogens with zero attached hydrogens (tertiary/aromatic N) is 1. The van der Waals surface area contributed by atoms with Gasteiger partial charge in [-0.3, -0.25) is 14.5 Å². The van der Waals surface area contributed by atoms with Gasteiger partial charge in [0.05, 0.1) is 18.7 Å². The van der Waals surface area contributed by atoms with Crippen LogP contribution >= 0.6 is 11.6 Å². The number of aliphatic hydroxyl groups is 1. The lowest BCUT2D eigenvalue weighted by Gasteiger charge is -2.25. The number of Topliss-reactive ketones (excluding diaryl/α,β-unsaturated/α-hetero) is 1. The van der Waals surface area contributed by atoms with Gasteiger partial charge < -0.3 is 9.84 Å². The molecule has 150 valence electrons. The predicted molar refractivity (Wildman–Crippen MR) is 116 cm³/mol. The summed E-state index contributed by atoms with van der Waals surface area (Å²) in [6.45, 7) is 0. The van der Waals surface area contributed by atoms with Gasteiger partial charge in [-0.2, -0.15) is 0 Å². The van der Waals surface area contributed by atoms with Crippen LogP contribution in [-0.4, -0.2) is 23.9 Å². The number of hydrogen-bond acceptors (Lipinski definition) is 4. The second-order valence-electron chi connectivity index (χ2n) is 6.79. The lowest BCUT2D eigenvalue weighted by Crippen LogP contribution is -2.29. The van der Waals surface area contributed by atoms with E-state index in [1.54, 1.807) is 78.9 Å². The van der Waals surface area contributed by atoms with E-state index in [0.717, 1.165) is 0 Å². The molecular weight excluding hydrogens is 402 g/mol. The van der Waals surface area contributed by atoms with Gasteiger partial charge in [0, 0.05) is 16.3 Å². The quantitative estimate of drug-likeness (QED) is 0.368. The Morgan fingerprint density at radius 3 is 2.40 bits per heavy atom. The van der Waals surface area contributed by atoms with E-state index in [1.807, 2.05) is 0 Å². The van der Waals surface area contributed by atoms with Crippen molar-refractivity contribution >= 4 is 34.7 Å². The molecular formula is C24H18ClNO4. The first-order valence-electron chi connectivity index (χ1n) is 9.27. The number of rotatable bonds is 4. The van der Waals surface area contributed by atoms with E-state index in [0.29, 0.717) is 27.6 Å². The molecule has 6 heteroatoms. The maximum absolute atomic E-state index is 13.1. The zero-order valence-electron chi connectivity index (χ0n) is 16.1. The van der Waals surface area contributed by atoms with E-state index in [1.165, 1.54) is 12.0 Å². The molecule has 1 aliphatic heterocycles. The number of aliphatic hydroxyl groups excluding tert-OH is 1. The molecule has 0 unspecified atom stereocenters. The summed E-state index contributed by atoms with van der Waals surface area (Å²) in [6.07, 6.45) is 0. The molecule has 3 aromatic rings. The van der Waals surface area contributed by atoms with E-state index in [4.69, 9.17) is 16.3 Å². The van der Waals surface area contributed by atoms with Crippen molar-refractivity contribution in [3.05, 3.63) is 101 Å². The Hall–Kier alpha value is -3.57. The largest absolute Gasteiger partial charge is 0.507 e. The van der Waals surface area contributed by atoms with Crippen LogP contribution in [0.5, 0.6) is 5.75 Å². The van der Waals surface area contributed by atoms with Gasteiger partial charge in [0.25, 0.3) is 11.7 Å². The van der Waals surface area contributed by atoms with E-state index < -0.39 is 17.7 Å². The van der Waals surface area contributed by atoms with Crippen LogP contribution in [-0.2, 0) is 9.59 Å². The minimum atomic E-state index is -0.834. The van der Waals surface area contributed by atoms with Crippen molar-refractivity contribution in [2.24, 2.45) is 0 Å². The number of ether oxygens (including phenoxy) is 1. The fourth-order valence-corrected chi connectivity index (χ4v) is 3.79. The monoisotopic (exact) mass is 419 g/mol. The van der Waals surface area contributed by atoms with Crippen molar-refractivity contribution in [2.75, 3.05) is 12.0 Å². The summed E-state index contributed by atoms with van der Waals surface area (Å²) >= 11 is 6.14. The minimum absolute atomic E-state index is 0.0134. The molecule has 0 spiro atoms. The fourth-order valence-electron chi connectivity index (χ4n) is 3.60. The molecule has 1 aliphatic rings. The smallest absolute Gasteiger partial charge is 0.300 e. The molecule has 1 fully saturated rings. The van der Waals surface area contributed by atoms with Gasteiger partial charge in [-0.15, -0.1) is 0 Å². The molecule has 1 heterocycles. The first-order chi connectivity index (χ1) is 14.5. The zero-order valence-corrected chi connectivity index (χ0v) is 16.8. The van der Waals surface area contributed by atoms with Crippen LogP contribution in [0, 0.1) is 0 Å². The summed E-state index contributed by atoms with van der Waals surface area (Å²) in [4.78, 5) is 27.5. The number of amides is 1. The Morgan fingerprint density at radius 1 is 0.967 bits per heavy atom. The molecule has 0 bridgehead atoms. The number of benzene rings is 3. The van der Waals surface area contributed by atoms with Gasteiger partial charge in [0.1, 0.15) is 11.5 Å². The summed E-state index contributed by atoms with van der Waals surface area (Å²) in [5.41, 5.74) is 1.56. The summed E-state index contributed by atoms with van der Waals surface area (Å²) in [5, 5.41) is 11.4. The molecule has 0 saturated carbocycles. The maximum Gasteiger partial charge on any atom is 0.300 e. The number of methoxy groups -OCH3 is 1. The van der Waals surface area contributed by atoms with Crippen molar-refractivity contribution in [1.82, 2.24) is 0 Å². The number of carbonyl (C=O) groups is 2. The number of ketones is 1. The fraction of sp³-hybridized carbons (Fsp3) is 0.0833. The van der Waals surface area contributed by atoms with Crippen LogP contribution in [0.2, 0.25) is 5.02 Å². The second-order valence-corrected chi connectivity index (χ2v) is 7.23. The van der Waals surface area contributed by atoms with Gasteiger partial charge >= 0.3 is 0 Å². The van der Waals surface area contributed by atoms with Gasteiger partial charge in [-0.05, 0) is 35.9 Å². The van der Waals surface area contributed by atoms with E-state index in [-0.39, 0.29) is 11.3 Å². The highest BCUT2D eigenvalue weighted by Gasteiger charge is 2.47. The van der Waals surface area contributed by atoms with E-state index >= 15 is 0 Å². The number of anilines is 1. The third kappa shape index (κ3) is 3.44. The third-order valence-electron chi connectivity index (χ3n) is 4.99. The summed E-state index contributed by atoms with van der Waals surface area (Å²) in [6, 6.07) is 21.6. The molecule has 5 nitrogen and oxygen atoms in total. The van der Waals surface area contributed by atoms with Gasteiger partial charge in [0.2, 0.25) is 0 Å². The minimum Gasteiger partial charge on any atom is -0.507 e. The van der Waals surface area contributed by atoms with Crippen LogP contribution in [0.4, 0.5) is 5.69 Å². The maximum atomic E-state index is 13.1. The Balaban J connectivity index is 1.97. The normalized spacial score (nSPS) is 17.9. The standard InChI is InChI=1S/C24H18ClNO4/c1-30-19-12-5-9-16(13-19)21-20(22(27)15-7-3-2-4-8-15)23(28)24(29)26(21)18-11-6-10-17(25)14-18/h2-14,21,27H,1H3/t21-/m1/s1. The van der Waals surface area contributed by atoms with Crippen molar-refractivity contribution in [3.8, 4) is 5.75 Å². The highest BCUT2D eigenvalue weighted by molar-refractivity contribution is 6.51. The van der Waals surface area contributed by atoms with Crippen molar-refractivity contribution < 1.29 is 19.4 Å². The molecule has 0 aliphatic carbocycles. The van der Waals surface area contributed by atoms with E-state index in [2.05, 4.69) is 0 Å². The first-order valence-corrected chi connectivity index (χ1v) is 9.65. The molecule has 4 rings (SSSR count). The topological polar surface area (TPSA) is 66.8 Å². The molecule has 3 aromatic carbocycles. The average Bonchev–Trinajstić information content (AvgIpc) is 3.04. The van der Waals surface area contributed by atoms with Crippen LogP contribution in [0.1, 0.15) is 17.2 Å². The number of hydrogen-bond donors (Lipinski definition) is 1. The molecule has 0 radical (unpaired) electrons. The SMILES string of the molecule is COc1cccc([C@@H]2C(=C(O)c3ccccc3)C(=O)C(=O)N2c2cccc(Cl)c2)c1. The first kappa shape index (κ1) is 19.7. The average molecular weight is 420 g/mol. The highest BCUT2D eigenvalue weighted by atomic mass is 35.5. The molecule has 1 saturated heterocycles. The Morgan fingerprint density at radius 2 is 1.70 bits per heavy atom. The van der Waals surface area contributed by atoms with Gasteiger partial charge in [0.15, 0.2) is 0 Å². The predicted octanol–water partition coefficient (Wildman–Crippen LogP) is 4.97.